The molecule has 1 aliphatic heterocycles. The van der Waals surface area contributed by atoms with E-state index in [0.29, 0.717) is 11.3 Å². The topological polar surface area (TPSA) is 87.3 Å². The van der Waals surface area contributed by atoms with E-state index >= 15 is 0 Å². The first-order valence-corrected chi connectivity index (χ1v) is 9.22. The largest absolute Gasteiger partial charge is 0.348 e. The third-order valence-electron chi connectivity index (χ3n) is 3.90. The molecule has 0 aromatic heterocycles. The number of rotatable bonds is 5. The van der Waals surface area contributed by atoms with Crippen LogP contribution in [0.1, 0.15) is 37.0 Å². The monoisotopic (exact) mass is 361 g/mol. The molecule has 1 aromatic rings. The lowest BCUT2D eigenvalue weighted by atomic mass is 9.99. The van der Waals surface area contributed by atoms with Gasteiger partial charge >= 0.3 is 0 Å². The van der Waals surface area contributed by atoms with E-state index in [1.54, 1.807) is 31.2 Å². The van der Waals surface area contributed by atoms with Crippen LogP contribution in [0.5, 0.6) is 0 Å². The minimum absolute atomic E-state index is 0. The van der Waals surface area contributed by atoms with Gasteiger partial charge in [0.2, 0.25) is 10.0 Å². The number of hydrogen-bond donors (Lipinski definition) is 3. The minimum atomic E-state index is -3.41. The molecule has 2 rings (SSSR count). The van der Waals surface area contributed by atoms with Crippen LogP contribution in [-0.2, 0) is 10.0 Å². The number of carbonyl (C=O) groups is 1. The maximum absolute atomic E-state index is 12.5. The summed E-state index contributed by atoms with van der Waals surface area (Å²) >= 11 is 0. The highest BCUT2D eigenvalue weighted by atomic mass is 35.5. The average Bonchev–Trinajstić information content (AvgIpc) is 2.50. The molecule has 6 nitrogen and oxygen atoms in total. The first kappa shape index (κ1) is 19.7. The van der Waals surface area contributed by atoms with Gasteiger partial charge < -0.3 is 10.6 Å². The van der Waals surface area contributed by atoms with E-state index in [-0.39, 0.29) is 36.2 Å². The Morgan fingerprint density at radius 2 is 2.04 bits per heavy atom. The zero-order chi connectivity index (χ0) is 16.2. The van der Waals surface area contributed by atoms with Crippen LogP contribution in [0, 0.1) is 0 Å². The number of nitrogens with one attached hydrogen (secondary N) is 3. The van der Waals surface area contributed by atoms with Crippen LogP contribution in [0.3, 0.4) is 0 Å². The van der Waals surface area contributed by atoms with Gasteiger partial charge in [-0.1, -0.05) is 12.1 Å². The maximum atomic E-state index is 12.5. The predicted octanol–water partition coefficient (Wildman–Crippen LogP) is 1.74. The second-order valence-electron chi connectivity index (χ2n) is 5.52. The van der Waals surface area contributed by atoms with Crippen molar-refractivity contribution in [2.45, 2.75) is 38.8 Å². The van der Waals surface area contributed by atoms with Crippen molar-refractivity contribution >= 4 is 34.0 Å². The third kappa shape index (κ3) is 5.37. The molecule has 1 heterocycles. The molecular weight excluding hydrogens is 338 g/mol. The second-order valence-corrected chi connectivity index (χ2v) is 7.53. The summed E-state index contributed by atoms with van der Waals surface area (Å²) in [5.74, 6) is -0.290. The van der Waals surface area contributed by atoms with Gasteiger partial charge in [0.05, 0.1) is 17.0 Å². The van der Waals surface area contributed by atoms with Gasteiger partial charge in [0.1, 0.15) is 0 Å². The van der Waals surface area contributed by atoms with Crippen molar-refractivity contribution in [1.29, 1.82) is 0 Å². The van der Waals surface area contributed by atoms with Gasteiger partial charge in [-0.15, -0.1) is 12.4 Å². The molecule has 1 aromatic carbocycles. The Morgan fingerprint density at radius 1 is 1.35 bits per heavy atom. The van der Waals surface area contributed by atoms with Gasteiger partial charge in [-0.05, 0) is 45.4 Å². The maximum Gasteiger partial charge on any atom is 0.253 e. The summed E-state index contributed by atoms with van der Waals surface area (Å²) in [5.41, 5.74) is 0.663. The summed E-state index contributed by atoms with van der Waals surface area (Å²) < 4.78 is 25.9. The fourth-order valence-electron chi connectivity index (χ4n) is 2.50. The molecule has 0 spiro atoms. The number of benzene rings is 1. The van der Waals surface area contributed by atoms with Crippen LogP contribution in [0.4, 0.5) is 5.69 Å². The predicted molar refractivity (Wildman–Crippen MR) is 94.7 cm³/mol. The normalized spacial score (nSPS) is 21.1. The van der Waals surface area contributed by atoms with E-state index in [0.717, 1.165) is 19.4 Å². The Bertz CT molecular complexity index is 637. The Labute approximate surface area is 143 Å². The Morgan fingerprint density at radius 3 is 2.70 bits per heavy atom. The van der Waals surface area contributed by atoms with Gasteiger partial charge in [-0.25, -0.2) is 8.42 Å². The molecule has 130 valence electrons. The number of carbonyl (C=O) groups excluding carboxylic acids is 1. The average molecular weight is 362 g/mol. The Kier molecular flexibility index (Phi) is 7.31. The lowest BCUT2D eigenvalue weighted by Crippen LogP contribution is -2.52. The summed E-state index contributed by atoms with van der Waals surface area (Å²) in [5, 5.41) is 6.32. The molecular formula is C15H24ClN3O3S. The summed E-state index contributed by atoms with van der Waals surface area (Å²) in [6, 6.07) is 6.92. The lowest BCUT2D eigenvalue weighted by Gasteiger charge is -2.30. The molecule has 2 atom stereocenters. The Hall–Kier alpha value is -1.31. The molecule has 8 heteroatoms. The van der Waals surface area contributed by atoms with Crippen molar-refractivity contribution in [1.82, 2.24) is 10.6 Å². The summed E-state index contributed by atoms with van der Waals surface area (Å²) in [4.78, 5) is 12.5. The molecule has 0 saturated carbocycles. The second kappa shape index (κ2) is 8.52. The van der Waals surface area contributed by atoms with Gasteiger partial charge in [0.25, 0.3) is 5.91 Å². The van der Waals surface area contributed by atoms with Crippen LogP contribution < -0.4 is 15.4 Å². The summed E-state index contributed by atoms with van der Waals surface area (Å²) in [7, 11) is -3.41. The number of halogens is 1. The molecule has 1 saturated heterocycles. The van der Waals surface area contributed by atoms with Crippen molar-refractivity contribution in [2.75, 3.05) is 17.0 Å². The third-order valence-corrected chi connectivity index (χ3v) is 5.19. The zero-order valence-electron chi connectivity index (χ0n) is 13.3. The van der Waals surface area contributed by atoms with E-state index in [1.807, 2.05) is 6.92 Å². The molecule has 23 heavy (non-hydrogen) atoms. The number of piperidine rings is 1. The molecule has 0 bridgehead atoms. The Balaban J connectivity index is 0.00000264. The van der Waals surface area contributed by atoms with Gasteiger partial charge in [-0.2, -0.15) is 0 Å². The number of amides is 1. The lowest BCUT2D eigenvalue weighted by molar-refractivity contribution is 0.0921. The van der Waals surface area contributed by atoms with Crippen molar-refractivity contribution in [2.24, 2.45) is 0 Å². The van der Waals surface area contributed by atoms with Crippen molar-refractivity contribution in [3.8, 4) is 0 Å². The van der Waals surface area contributed by atoms with Crippen molar-refractivity contribution in [3.05, 3.63) is 29.8 Å². The smallest absolute Gasteiger partial charge is 0.253 e. The number of sulfonamides is 1. The van der Waals surface area contributed by atoms with E-state index in [4.69, 9.17) is 0 Å². The fourth-order valence-corrected chi connectivity index (χ4v) is 3.15. The van der Waals surface area contributed by atoms with Crippen LogP contribution in [0.25, 0.3) is 0 Å². The molecule has 0 radical (unpaired) electrons. The first-order chi connectivity index (χ1) is 10.4. The molecule has 1 amide bonds. The highest BCUT2D eigenvalue weighted by molar-refractivity contribution is 7.92. The molecule has 0 aliphatic carbocycles. The summed E-state index contributed by atoms with van der Waals surface area (Å²) in [6.45, 7) is 4.55. The molecule has 2 unspecified atom stereocenters. The van der Waals surface area contributed by atoms with E-state index < -0.39 is 10.0 Å². The highest BCUT2D eigenvalue weighted by Gasteiger charge is 2.24. The summed E-state index contributed by atoms with van der Waals surface area (Å²) in [6.07, 6.45) is 1.93. The van der Waals surface area contributed by atoms with Crippen LogP contribution >= 0.6 is 12.4 Å². The van der Waals surface area contributed by atoms with Gasteiger partial charge in [0.15, 0.2) is 0 Å². The molecule has 1 fully saturated rings. The van der Waals surface area contributed by atoms with E-state index in [2.05, 4.69) is 15.4 Å². The molecule has 1 aliphatic rings. The zero-order valence-corrected chi connectivity index (χ0v) is 15.0. The minimum Gasteiger partial charge on any atom is -0.348 e. The number of anilines is 1. The van der Waals surface area contributed by atoms with Gasteiger partial charge in [-0.3, -0.25) is 9.52 Å². The fraction of sp³-hybridized carbons (Fsp3) is 0.533. The van der Waals surface area contributed by atoms with Crippen LogP contribution in [-0.4, -0.2) is 38.7 Å². The highest BCUT2D eigenvalue weighted by Crippen LogP contribution is 2.18. The number of hydrogen-bond acceptors (Lipinski definition) is 4. The standard InChI is InChI=1S/C15H23N3O3S.ClH/c1-3-22(20,21)18-14-8-5-4-7-12(14)15(19)17-13-9-6-10-16-11(13)2;/h4-5,7-8,11,13,16,18H,3,6,9-10H2,1-2H3,(H,17,19);1H. The van der Waals surface area contributed by atoms with E-state index in [9.17, 15) is 13.2 Å². The van der Waals surface area contributed by atoms with Crippen molar-refractivity contribution in [3.63, 3.8) is 0 Å². The SMILES string of the molecule is CCS(=O)(=O)Nc1ccccc1C(=O)NC1CCCNC1C.Cl. The first-order valence-electron chi connectivity index (χ1n) is 7.56. The van der Waals surface area contributed by atoms with Crippen LogP contribution in [0.15, 0.2) is 24.3 Å². The quantitative estimate of drug-likeness (QED) is 0.745. The number of para-hydroxylation sites is 1. The van der Waals surface area contributed by atoms with Crippen molar-refractivity contribution < 1.29 is 13.2 Å². The van der Waals surface area contributed by atoms with Gasteiger partial charge in [0, 0.05) is 12.1 Å². The van der Waals surface area contributed by atoms with E-state index in [1.165, 1.54) is 0 Å². The molecule has 3 N–H and O–H groups in total. The van der Waals surface area contributed by atoms with Crippen LogP contribution in [0.2, 0.25) is 0 Å².